The first-order valence-electron chi connectivity index (χ1n) is 5.99. The standard InChI is InChI=1S/C12H22N4O/c1-5-16(12(17)10(2)6-13-3)9-11-7-14-15(4)8-11/h7-8,10,13H,5-6,9H2,1-4H3. The molecule has 1 rings (SSSR count). The lowest BCUT2D eigenvalue weighted by molar-refractivity contribution is -0.135. The fraction of sp³-hybridized carbons (Fsp3) is 0.667. The van der Waals surface area contributed by atoms with Gasteiger partial charge in [-0.15, -0.1) is 0 Å². The molecule has 1 heterocycles. The van der Waals surface area contributed by atoms with Gasteiger partial charge in [-0.05, 0) is 14.0 Å². The molecule has 17 heavy (non-hydrogen) atoms. The molecule has 5 heteroatoms. The summed E-state index contributed by atoms with van der Waals surface area (Å²) in [5, 5.41) is 7.14. The lowest BCUT2D eigenvalue weighted by Gasteiger charge is -2.23. The first-order valence-corrected chi connectivity index (χ1v) is 5.99. The molecule has 0 spiro atoms. The van der Waals surface area contributed by atoms with Crippen molar-refractivity contribution >= 4 is 5.91 Å². The maximum atomic E-state index is 12.1. The molecule has 0 aliphatic rings. The maximum Gasteiger partial charge on any atom is 0.226 e. The number of nitrogens with zero attached hydrogens (tertiary/aromatic N) is 3. The number of aromatic nitrogens is 2. The highest BCUT2D eigenvalue weighted by Gasteiger charge is 2.19. The Morgan fingerprint density at radius 2 is 2.35 bits per heavy atom. The van der Waals surface area contributed by atoms with E-state index in [0.29, 0.717) is 13.1 Å². The molecule has 0 bridgehead atoms. The molecule has 0 saturated carbocycles. The van der Waals surface area contributed by atoms with Crippen LogP contribution in [0.25, 0.3) is 0 Å². The summed E-state index contributed by atoms with van der Waals surface area (Å²) in [6.07, 6.45) is 3.75. The highest BCUT2D eigenvalue weighted by molar-refractivity contribution is 5.78. The zero-order chi connectivity index (χ0) is 12.8. The summed E-state index contributed by atoms with van der Waals surface area (Å²) in [5.41, 5.74) is 1.07. The first-order chi connectivity index (χ1) is 8.08. The third-order valence-corrected chi connectivity index (χ3v) is 2.76. The van der Waals surface area contributed by atoms with Crippen molar-refractivity contribution in [1.29, 1.82) is 0 Å². The molecule has 1 aromatic rings. The number of nitrogens with one attached hydrogen (secondary N) is 1. The van der Waals surface area contributed by atoms with Gasteiger partial charge in [-0.3, -0.25) is 9.48 Å². The van der Waals surface area contributed by atoms with E-state index in [-0.39, 0.29) is 11.8 Å². The molecular weight excluding hydrogens is 216 g/mol. The fourth-order valence-electron chi connectivity index (χ4n) is 1.82. The number of hydrogen-bond donors (Lipinski definition) is 1. The Morgan fingerprint density at radius 1 is 1.65 bits per heavy atom. The van der Waals surface area contributed by atoms with Gasteiger partial charge < -0.3 is 10.2 Å². The molecule has 1 amide bonds. The van der Waals surface area contributed by atoms with E-state index in [1.165, 1.54) is 0 Å². The summed E-state index contributed by atoms with van der Waals surface area (Å²) in [4.78, 5) is 14.0. The average molecular weight is 238 g/mol. The number of carbonyl (C=O) groups excluding carboxylic acids is 1. The van der Waals surface area contributed by atoms with Crippen molar-refractivity contribution < 1.29 is 4.79 Å². The van der Waals surface area contributed by atoms with E-state index in [1.54, 1.807) is 10.9 Å². The molecular formula is C12H22N4O. The molecule has 1 unspecified atom stereocenters. The van der Waals surface area contributed by atoms with Crippen molar-refractivity contribution in [2.75, 3.05) is 20.1 Å². The Balaban J connectivity index is 2.62. The van der Waals surface area contributed by atoms with Gasteiger partial charge in [-0.2, -0.15) is 5.10 Å². The van der Waals surface area contributed by atoms with Crippen molar-refractivity contribution in [2.45, 2.75) is 20.4 Å². The number of aryl methyl sites for hydroxylation is 1. The predicted octanol–water partition coefficient (Wildman–Crippen LogP) is 0.624. The summed E-state index contributed by atoms with van der Waals surface area (Å²) in [5.74, 6) is 0.197. The fourth-order valence-corrected chi connectivity index (χ4v) is 1.82. The van der Waals surface area contributed by atoms with Crippen LogP contribution < -0.4 is 5.32 Å². The summed E-state index contributed by atoms with van der Waals surface area (Å²) >= 11 is 0. The van der Waals surface area contributed by atoms with Gasteiger partial charge in [-0.1, -0.05) is 6.92 Å². The molecule has 5 nitrogen and oxygen atoms in total. The zero-order valence-electron chi connectivity index (χ0n) is 11.1. The van der Waals surface area contributed by atoms with Crippen LogP contribution in [0.2, 0.25) is 0 Å². The first kappa shape index (κ1) is 13.7. The lowest BCUT2D eigenvalue weighted by atomic mass is 10.1. The lowest BCUT2D eigenvalue weighted by Crippen LogP contribution is -2.37. The van der Waals surface area contributed by atoms with Crippen LogP contribution in [0.5, 0.6) is 0 Å². The predicted molar refractivity (Wildman–Crippen MR) is 67.4 cm³/mol. The normalized spacial score (nSPS) is 12.5. The zero-order valence-corrected chi connectivity index (χ0v) is 11.1. The van der Waals surface area contributed by atoms with Crippen molar-refractivity contribution in [3.63, 3.8) is 0 Å². The Morgan fingerprint density at radius 3 is 2.82 bits per heavy atom. The minimum Gasteiger partial charge on any atom is -0.338 e. The van der Waals surface area contributed by atoms with Gasteiger partial charge in [-0.25, -0.2) is 0 Å². The summed E-state index contributed by atoms with van der Waals surface area (Å²) in [6, 6.07) is 0. The van der Waals surface area contributed by atoms with Gasteiger partial charge in [0.05, 0.1) is 6.20 Å². The number of amides is 1. The Bertz CT molecular complexity index is 361. The van der Waals surface area contributed by atoms with Crippen molar-refractivity contribution in [2.24, 2.45) is 13.0 Å². The van der Waals surface area contributed by atoms with Crippen molar-refractivity contribution in [1.82, 2.24) is 20.0 Å². The van der Waals surface area contributed by atoms with Gasteiger partial charge in [0.1, 0.15) is 0 Å². The van der Waals surface area contributed by atoms with Gasteiger partial charge in [0.2, 0.25) is 5.91 Å². The van der Waals surface area contributed by atoms with Crippen molar-refractivity contribution in [3.8, 4) is 0 Å². The second kappa shape index (κ2) is 6.39. The molecule has 1 aromatic heterocycles. The minimum atomic E-state index is 0.0108. The largest absolute Gasteiger partial charge is 0.338 e. The topological polar surface area (TPSA) is 50.2 Å². The van der Waals surface area contributed by atoms with E-state index in [0.717, 1.165) is 12.1 Å². The number of hydrogen-bond acceptors (Lipinski definition) is 3. The van der Waals surface area contributed by atoms with Crippen LogP contribution >= 0.6 is 0 Å². The smallest absolute Gasteiger partial charge is 0.226 e. The van der Waals surface area contributed by atoms with Crippen LogP contribution in [0, 0.1) is 5.92 Å². The van der Waals surface area contributed by atoms with Gasteiger partial charge in [0.25, 0.3) is 0 Å². The van der Waals surface area contributed by atoms with E-state index in [1.807, 2.05) is 39.0 Å². The SMILES string of the molecule is CCN(Cc1cnn(C)c1)C(=O)C(C)CNC. The second-order valence-corrected chi connectivity index (χ2v) is 4.33. The van der Waals surface area contributed by atoms with Gasteiger partial charge >= 0.3 is 0 Å². The van der Waals surface area contributed by atoms with E-state index >= 15 is 0 Å². The molecule has 1 N–H and O–H groups in total. The molecule has 1 atom stereocenters. The van der Waals surface area contributed by atoms with E-state index < -0.39 is 0 Å². The highest BCUT2D eigenvalue weighted by atomic mass is 16.2. The van der Waals surface area contributed by atoms with E-state index in [9.17, 15) is 4.79 Å². The van der Waals surface area contributed by atoms with Crippen LogP contribution in [-0.4, -0.2) is 40.7 Å². The van der Waals surface area contributed by atoms with Gasteiger partial charge in [0.15, 0.2) is 0 Å². The quantitative estimate of drug-likeness (QED) is 0.790. The number of carbonyl (C=O) groups is 1. The van der Waals surface area contributed by atoms with Crippen molar-refractivity contribution in [3.05, 3.63) is 18.0 Å². The maximum absolute atomic E-state index is 12.1. The highest BCUT2D eigenvalue weighted by Crippen LogP contribution is 2.07. The molecule has 0 aliphatic carbocycles. The minimum absolute atomic E-state index is 0.0108. The Kier molecular flexibility index (Phi) is 5.15. The third-order valence-electron chi connectivity index (χ3n) is 2.76. The number of rotatable bonds is 6. The molecule has 0 saturated heterocycles. The van der Waals surface area contributed by atoms with Crippen LogP contribution in [0.4, 0.5) is 0 Å². The second-order valence-electron chi connectivity index (χ2n) is 4.33. The van der Waals surface area contributed by atoms with Gasteiger partial charge in [0, 0.05) is 44.4 Å². The van der Waals surface area contributed by atoms with E-state index in [2.05, 4.69) is 10.4 Å². The summed E-state index contributed by atoms with van der Waals surface area (Å²) in [7, 11) is 3.74. The van der Waals surface area contributed by atoms with E-state index in [4.69, 9.17) is 0 Å². The average Bonchev–Trinajstić information content (AvgIpc) is 2.71. The Labute approximate surface area is 103 Å². The molecule has 0 fully saturated rings. The summed E-state index contributed by atoms with van der Waals surface area (Å²) < 4.78 is 1.75. The monoisotopic (exact) mass is 238 g/mol. The van der Waals surface area contributed by atoms with Crippen LogP contribution in [0.1, 0.15) is 19.4 Å². The van der Waals surface area contributed by atoms with Crippen LogP contribution in [0.15, 0.2) is 12.4 Å². The molecule has 0 aromatic carbocycles. The molecule has 0 radical (unpaired) electrons. The third kappa shape index (κ3) is 3.85. The molecule has 96 valence electrons. The van der Waals surface area contributed by atoms with Crippen LogP contribution in [0.3, 0.4) is 0 Å². The molecule has 0 aliphatic heterocycles. The summed E-state index contributed by atoms with van der Waals surface area (Å²) in [6.45, 7) is 6.02. The Hall–Kier alpha value is -1.36. The van der Waals surface area contributed by atoms with Crippen LogP contribution in [-0.2, 0) is 18.4 Å².